The van der Waals surface area contributed by atoms with Gasteiger partial charge in [-0.3, -0.25) is 10.1 Å². The van der Waals surface area contributed by atoms with Crippen molar-refractivity contribution in [3.05, 3.63) is 78.0 Å². The van der Waals surface area contributed by atoms with Crippen molar-refractivity contribution in [2.24, 2.45) is 0 Å². The summed E-state index contributed by atoms with van der Waals surface area (Å²) in [5.41, 5.74) is 7.95. The fraction of sp³-hybridized carbons (Fsp3) is 0.361. The van der Waals surface area contributed by atoms with Gasteiger partial charge in [0.1, 0.15) is 11.9 Å². The van der Waals surface area contributed by atoms with Crippen molar-refractivity contribution in [2.45, 2.75) is 75.8 Å². The van der Waals surface area contributed by atoms with Crippen LogP contribution in [0.15, 0.2) is 71.8 Å². The van der Waals surface area contributed by atoms with Crippen LogP contribution in [-0.2, 0) is 14.6 Å². The zero-order valence-corrected chi connectivity index (χ0v) is 29.1. The molecule has 3 aromatic carbocycles. The van der Waals surface area contributed by atoms with E-state index in [0.29, 0.717) is 60.1 Å². The first-order valence-corrected chi connectivity index (χ1v) is 17.9. The second-order valence-electron chi connectivity index (χ2n) is 12.5. The number of benzene rings is 3. The van der Waals surface area contributed by atoms with Gasteiger partial charge in [0.25, 0.3) is 0 Å². The number of nitrogen functional groups attached to an aromatic ring is 1. The minimum atomic E-state index is -3.79. The van der Waals surface area contributed by atoms with Crippen molar-refractivity contribution in [2.75, 3.05) is 29.5 Å². The first-order valence-electron chi connectivity index (χ1n) is 16.3. The molecule has 13 heteroatoms. The zero-order chi connectivity index (χ0) is 35.5. The molecule has 0 radical (unpaired) electrons. The molecule has 2 amide bonds. The summed E-state index contributed by atoms with van der Waals surface area (Å²) in [5, 5.41) is 16.0. The Bertz CT molecular complexity index is 1960. The molecule has 1 saturated heterocycles. The third-order valence-electron chi connectivity index (χ3n) is 8.40. The number of amides is 2. The van der Waals surface area contributed by atoms with E-state index in [-0.39, 0.29) is 22.6 Å². The van der Waals surface area contributed by atoms with E-state index in [1.54, 1.807) is 37.1 Å². The van der Waals surface area contributed by atoms with Gasteiger partial charge in [-0.05, 0) is 119 Å². The molecule has 5 N–H and O–H groups in total. The maximum absolute atomic E-state index is 14.8. The van der Waals surface area contributed by atoms with Gasteiger partial charge in [0, 0.05) is 29.5 Å². The zero-order valence-electron chi connectivity index (χ0n) is 28.3. The molecule has 1 aliphatic heterocycles. The number of carboxylic acid groups (broad SMARTS) is 1. The molecule has 0 aliphatic carbocycles. The number of carbonyl (C=O) groups excluding carboxylic acids is 1. The highest BCUT2D eigenvalue weighted by Crippen LogP contribution is 2.41. The molecule has 0 unspecified atom stereocenters. The number of nitrogens with two attached hydrogens (primary N) is 1. The molecule has 1 aromatic heterocycles. The predicted molar refractivity (Wildman–Crippen MR) is 190 cm³/mol. The highest BCUT2D eigenvalue weighted by Gasteiger charge is 2.38. The Hall–Kier alpha value is -5.04. The summed E-state index contributed by atoms with van der Waals surface area (Å²) in [6.07, 6.45) is 1.35. The third kappa shape index (κ3) is 7.67. The second kappa shape index (κ2) is 14.6. The van der Waals surface area contributed by atoms with Crippen molar-refractivity contribution >= 4 is 49.8 Å². The number of fused-ring (bicyclic) bond motifs is 1. The van der Waals surface area contributed by atoms with Crippen LogP contribution in [0.5, 0.6) is 11.5 Å². The van der Waals surface area contributed by atoms with Gasteiger partial charge in [-0.15, -0.1) is 0 Å². The van der Waals surface area contributed by atoms with E-state index in [1.807, 2.05) is 51.1 Å². The number of rotatable bonds is 12. The van der Waals surface area contributed by atoms with Gasteiger partial charge in [0.2, 0.25) is 5.91 Å². The molecule has 1 fully saturated rings. The van der Waals surface area contributed by atoms with Gasteiger partial charge < -0.3 is 30.5 Å². The van der Waals surface area contributed by atoms with E-state index < -0.39 is 33.3 Å². The number of anilines is 3. The van der Waals surface area contributed by atoms with Gasteiger partial charge in [-0.25, -0.2) is 18.2 Å². The lowest BCUT2D eigenvalue weighted by molar-refractivity contribution is -0.133. The van der Waals surface area contributed by atoms with Crippen molar-refractivity contribution in [1.82, 2.24) is 9.88 Å². The van der Waals surface area contributed by atoms with Crippen molar-refractivity contribution in [3.8, 4) is 11.5 Å². The number of ether oxygens (including phenoxy) is 2. The molecule has 4 aromatic rings. The molecule has 12 nitrogen and oxygen atoms in total. The molecule has 2 heterocycles. The largest absolute Gasteiger partial charge is 0.490 e. The Morgan fingerprint density at radius 3 is 2.47 bits per heavy atom. The SMILES string of the molecule is CCOc1cc([C@@H](Nc2ccc3c(N)nccc3c2)C(=O)N2CCC[C@H]2c2cc(NC(=O)O)ccc2S(=O)(=O)C(C)C)ccc1OC(C)C. The number of nitrogens with zero attached hydrogens (tertiary/aromatic N) is 2. The molecular weight excluding hydrogens is 646 g/mol. The standard InChI is InChI=1S/C36H43N5O7S/c1-6-47-31-19-24(9-13-30(31)48-21(2)3)33(39-25-10-12-27-23(18-25)15-16-38-34(27)37)35(42)41-17-7-8-29(41)28-20-26(40-36(43)44)11-14-32(28)49(45,46)22(4)5/h9-16,18-22,29,33,39-40H,6-8,17H2,1-5H3,(H2,37,38)(H,43,44)/t29-,33+/m0/s1. The number of pyridine rings is 1. The number of carbonyl (C=O) groups is 2. The molecule has 49 heavy (non-hydrogen) atoms. The normalized spacial score (nSPS) is 15.4. The van der Waals surface area contributed by atoms with Crippen molar-refractivity contribution < 1.29 is 32.6 Å². The lowest BCUT2D eigenvalue weighted by Crippen LogP contribution is -2.38. The number of hydrogen-bond acceptors (Lipinski definition) is 9. The first-order chi connectivity index (χ1) is 23.3. The van der Waals surface area contributed by atoms with Gasteiger partial charge in [-0.1, -0.05) is 6.07 Å². The summed E-state index contributed by atoms with van der Waals surface area (Å²) >= 11 is 0. The molecule has 2 atom stereocenters. The highest BCUT2D eigenvalue weighted by atomic mass is 32.2. The summed E-state index contributed by atoms with van der Waals surface area (Å²) in [5.74, 6) is 1.14. The molecule has 260 valence electrons. The van der Waals surface area contributed by atoms with Crippen LogP contribution in [0.4, 0.5) is 22.0 Å². The fourth-order valence-electron chi connectivity index (χ4n) is 6.11. The Labute approximate surface area is 286 Å². The van der Waals surface area contributed by atoms with E-state index in [9.17, 15) is 23.1 Å². The topological polar surface area (TPSA) is 173 Å². The monoisotopic (exact) mass is 689 g/mol. The highest BCUT2D eigenvalue weighted by molar-refractivity contribution is 7.92. The molecular formula is C36H43N5O7S. The van der Waals surface area contributed by atoms with Gasteiger partial charge in [0.05, 0.1) is 28.9 Å². The van der Waals surface area contributed by atoms with Gasteiger partial charge >= 0.3 is 6.09 Å². The number of nitrogens with one attached hydrogen (secondary N) is 2. The van der Waals surface area contributed by atoms with Crippen LogP contribution in [0.3, 0.4) is 0 Å². The van der Waals surface area contributed by atoms with E-state index in [2.05, 4.69) is 15.6 Å². The lowest BCUT2D eigenvalue weighted by Gasteiger charge is -2.32. The Kier molecular flexibility index (Phi) is 10.5. The summed E-state index contributed by atoms with van der Waals surface area (Å²) in [7, 11) is -3.79. The van der Waals surface area contributed by atoms with Crippen LogP contribution in [0.1, 0.15) is 70.7 Å². The summed E-state index contributed by atoms with van der Waals surface area (Å²) in [6, 6.07) is 15.6. The summed E-state index contributed by atoms with van der Waals surface area (Å²) < 4.78 is 39.1. The Morgan fingerprint density at radius 2 is 1.78 bits per heavy atom. The Morgan fingerprint density at radius 1 is 1.02 bits per heavy atom. The van der Waals surface area contributed by atoms with Crippen LogP contribution >= 0.6 is 0 Å². The van der Waals surface area contributed by atoms with Crippen LogP contribution in [0.25, 0.3) is 10.8 Å². The molecule has 0 bridgehead atoms. The molecule has 1 aliphatic rings. The number of sulfone groups is 1. The quantitative estimate of drug-likeness (QED) is 0.124. The first kappa shape index (κ1) is 35.3. The number of likely N-dealkylation sites (tertiary alicyclic amines) is 1. The van der Waals surface area contributed by atoms with Gasteiger partial charge in [-0.2, -0.15) is 0 Å². The van der Waals surface area contributed by atoms with Crippen molar-refractivity contribution in [3.63, 3.8) is 0 Å². The van der Waals surface area contributed by atoms with Crippen LogP contribution in [0, 0.1) is 0 Å². The van der Waals surface area contributed by atoms with E-state index >= 15 is 0 Å². The van der Waals surface area contributed by atoms with Crippen molar-refractivity contribution in [1.29, 1.82) is 0 Å². The summed E-state index contributed by atoms with van der Waals surface area (Å²) in [6.45, 7) is 9.64. The van der Waals surface area contributed by atoms with Gasteiger partial charge in [0.15, 0.2) is 21.3 Å². The lowest BCUT2D eigenvalue weighted by atomic mass is 10.00. The maximum atomic E-state index is 14.8. The minimum absolute atomic E-state index is 0.0715. The average molecular weight is 690 g/mol. The van der Waals surface area contributed by atoms with Crippen LogP contribution in [0.2, 0.25) is 0 Å². The smallest absolute Gasteiger partial charge is 0.409 e. The van der Waals surface area contributed by atoms with E-state index in [1.165, 1.54) is 18.2 Å². The third-order valence-corrected chi connectivity index (χ3v) is 10.6. The van der Waals surface area contributed by atoms with E-state index in [4.69, 9.17) is 15.2 Å². The fourth-order valence-corrected chi connectivity index (χ4v) is 7.40. The van der Waals surface area contributed by atoms with Crippen LogP contribution < -0.4 is 25.8 Å². The minimum Gasteiger partial charge on any atom is -0.490 e. The molecule has 5 rings (SSSR count). The number of hydrogen-bond donors (Lipinski definition) is 4. The second-order valence-corrected chi connectivity index (χ2v) is 15.0. The summed E-state index contributed by atoms with van der Waals surface area (Å²) in [4.78, 5) is 32.3. The average Bonchev–Trinajstić information content (AvgIpc) is 3.54. The predicted octanol–water partition coefficient (Wildman–Crippen LogP) is 6.79. The number of aromatic nitrogens is 1. The molecule has 0 spiro atoms. The maximum Gasteiger partial charge on any atom is 0.409 e. The van der Waals surface area contributed by atoms with E-state index in [0.717, 1.165) is 10.8 Å². The molecule has 0 saturated carbocycles. The Balaban J connectivity index is 1.61. The van der Waals surface area contributed by atoms with Crippen LogP contribution in [-0.4, -0.2) is 59.9 Å².